The molecule has 2 aromatic carbocycles. The van der Waals surface area contributed by atoms with E-state index in [4.69, 9.17) is 16.0 Å². The highest BCUT2D eigenvalue weighted by molar-refractivity contribution is 7.98. The van der Waals surface area contributed by atoms with Crippen molar-refractivity contribution in [1.29, 1.82) is 0 Å². The maximum absolute atomic E-state index is 6.08. The molecule has 1 aliphatic carbocycles. The van der Waals surface area contributed by atoms with Gasteiger partial charge < -0.3 is 8.98 Å². The number of hydrogen-bond acceptors (Lipinski definition) is 5. The highest BCUT2D eigenvalue weighted by Gasteiger charge is 2.30. The molecular formula is C22H19ClN4OS. The van der Waals surface area contributed by atoms with Crippen LogP contribution in [-0.2, 0) is 12.3 Å². The largest absolute Gasteiger partial charge is 0.440 e. The first-order valence-corrected chi connectivity index (χ1v) is 10.9. The number of rotatable bonds is 7. The van der Waals surface area contributed by atoms with E-state index in [2.05, 4.69) is 44.0 Å². The van der Waals surface area contributed by atoms with E-state index in [1.165, 1.54) is 18.4 Å². The van der Waals surface area contributed by atoms with Gasteiger partial charge in [-0.05, 0) is 30.5 Å². The monoisotopic (exact) mass is 422 g/mol. The summed E-state index contributed by atoms with van der Waals surface area (Å²) in [7, 11) is 0. The molecule has 0 radical (unpaired) electrons. The summed E-state index contributed by atoms with van der Waals surface area (Å²) in [6.07, 6.45) is 4.13. The summed E-state index contributed by atoms with van der Waals surface area (Å²) < 4.78 is 8.16. The van der Waals surface area contributed by atoms with Crippen LogP contribution in [0.3, 0.4) is 0 Å². The Morgan fingerprint density at radius 3 is 2.72 bits per heavy atom. The number of halogens is 1. The second kappa shape index (κ2) is 8.05. The van der Waals surface area contributed by atoms with Crippen LogP contribution in [0.25, 0.3) is 11.3 Å². The summed E-state index contributed by atoms with van der Waals surface area (Å²) in [6, 6.07) is 18.0. The number of nitrogens with zero attached hydrogens (tertiary/aromatic N) is 4. The smallest absolute Gasteiger partial charge is 0.205 e. The first kappa shape index (κ1) is 18.5. The van der Waals surface area contributed by atoms with Crippen molar-refractivity contribution in [1.82, 2.24) is 19.7 Å². The maximum Gasteiger partial charge on any atom is 0.205 e. The van der Waals surface area contributed by atoms with E-state index < -0.39 is 0 Å². The van der Waals surface area contributed by atoms with Crippen LogP contribution in [0, 0.1) is 0 Å². The van der Waals surface area contributed by atoms with Gasteiger partial charge in [-0.15, -0.1) is 10.2 Å². The SMILES string of the molecule is Clc1cccc(-c2cnc(CSc3nnc(C4CC4)n3Cc3ccccc3)o2)c1. The van der Waals surface area contributed by atoms with Crippen LogP contribution in [0.1, 0.15) is 36.0 Å². The molecule has 1 aliphatic rings. The van der Waals surface area contributed by atoms with Crippen LogP contribution >= 0.6 is 23.4 Å². The Morgan fingerprint density at radius 2 is 1.93 bits per heavy atom. The molecule has 1 fully saturated rings. The summed E-state index contributed by atoms with van der Waals surface area (Å²) >= 11 is 7.68. The molecule has 2 aromatic heterocycles. The number of aromatic nitrogens is 4. The van der Waals surface area contributed by atoms with Crippen molar-refractivity contribution in [2.24, 2.45) is 0 Å². The molecule has 0 atom stereocenters. The molecule has 0 amide bonds. The second-order valence-electron chi connectivity index (χ2n) is 7.10. The third-order valence-electron chi connectivity index (χ3n) is 4.86. The zero-order chi connectivity index (χ0) is 19.6. The van der Waals surface area contributed by atoms with Crippen LogP contribution in [0.4, 0.5) is 0 Å². The molecule has 0 N–H and O–H groups in total. The van der Waals surface area contributed by atoms with Gasteiger partial charge in [0.2, 0.25) is 5.89 Å². The molecule has 146 valence electrons. The number of thioether (sulfide) groups is 1. The van der Waals surface area contributed by atoms with Crippen LogP contribution in [0.2, 0.25) is 5.02 Å². The Bertz CT molecular complexity index is 1120. The van der Waals surface area contributed by atoms with Crippen LogP contribution in [-0.4, -0.2) is 19.7 Å². The zero-order valence-corrected chi connectivity index (χ0v) is 17.2. The first-order valence-electron chi connectivity index (χ1n) is 9.57. The molecule has 0 aliphatic heterocycles. The summed E-state index contributed by atoms with van der Waals surface area (Å²) in [4.78, 5) is 4.42. The van der Waals surface area contributed by atoms with Gasteiger partial charge in [0.15, 0.2) is 10.9 Å². The van der Waals surface area contributed by atoms with Crippen molar-refractivity contribution >= 4 is 23.4 Å². The quantitative estimate of drug-likeness (QED) is 0.352. The van der Waals surface area contributed by atoms with Crippen LogP contribution in [0.5, 0.6) is 0 Å². The Kier molecular flexibility index (Phi) is 5.12. The minimum atomic E-state index is 0.539. The molecule has 0 saturated heterocycles. The Hall–Kier alpha value is -2.57. The fourth-order valence-corrected chi connectivity index (χ4v) is 4.23. The van der Waals surface area contributed by atoms with Gasteiger partial charge in [-0.3, -0.25) is 0 Å². The number of hydrogen-bond donors (Lipinski definition) is 0. The lowest BCUT2D eigenvalue weighted by Crippen LogP contribution is -2.06. The fourth-order valence-electron chi connectivity index (χ4n) is 3.24. The van der Waals surface area contributed by atoms with Crippen molar-refractivity contribution in [2.75, 3.05) is 0 Å². The minimum absolute atomic E-state index is 0.539. The van der Waals surface area contributed by atoms with Gasteiger partial charge in [0.25, 0.3) is 0 Å². The lowest BCUT2D eigenvalue weighted by molar-refractivity contribution is 0.529. The maximum atomic E-state index is 6.08. The van der Waals surface area contributed by atoms with Gasteiger partial charge in [-0.25, -0.2) is 4.98 Å². The third-order valence-corrected chi connectivity index (χ3v) is 6.05. The Morgan fingerprint density at radius 1 is 1.07 bits per heavy atom. The van der Waals surface area contributed by atoms with Crippen LogP contribution < -0.4 is 0 Å². The van der Waals surface area contributed by atoms with E-state index in [0.717, 1.165) is 23.1 Å². The van der Waals surface area contributed by atoms with Gasteiger partial charge in [0.05, 0.1) is 18.5 Å². The number of oxazole rings is 1. The van der Waals surface area contributed by atoms with Gasteiger partial charge in [-0.1, -0.05) is 65.8 Å². The average molecular weight is 423 g/mol. The Labute approximate surface area is 178 Å². The Balaban J connectivity index is 1.33. The molecule has 0 spiro atoms. The first-order chi connectivity index (χ1) is 14.3. The van der Waals surface area contributed by atoms with Gasteiger partial charge in [-0.2, -0.15) is 0 Å². The summed E-state index contributed by atoms with van der Waals surface area (Å²) in [5.41, 5.74) is 2.17. The molecule has 4 aromatic rings. The van der Waals surface area contributed by atoms with E-state index in [9.17, 15) is 0 Å². The van der Waals surface area contributed by atoms with Crippen LogP contribution in [0.15, 0.2) is 70.4 Å². The van der Waals surface area contributed by atoms with Crippen molar-refractivity contribution in [3.8, 4) is 11.3 Å². The van der Waals surface area contributed by atoms with E-state index in [0.29, 0.717) is 28.3 Å². The van der Waals surface area contributed by atoms with Crippen molar-refractivity contribution in [2.45, 2.75) is 36.2 Å². The van der Waals surface area contributed by atoms with E-state index >= 15 is 0 Å². The molecule has 7 heteroatoms. The minimum Gasteiger partial charge on any atom is -0.440 e. The lowest BCUT2D eigenvalue weighted by Gasteiger charge is -2.09. The van der Waals surface area contributed by atoms with E-state index in [-0.39, 0.29) is 0 Å². The van der Waals surface area contributed by atoms with E-state index in [1.807, 2.05) is 30.3 Å². The molecule has 29 heavy (non-hydrogen) atoms. The molecule has 2 heterocycles. The summed E-state index contributed by atoms with van der Waals surface area (Å²) in [6.45, 7) is 0.779. The fraction of sp³-hybridized carbons (Fsp3) is 0.227. The molecule has 5 rings (SSSR count). The third kappa shape index (κ3) is 4.23. The summed E-state index contributed by atoms with van der Waals surface area (Å²) in [5, 5.41) is 10.5. The molecule has 0 bridgehead atoms. The lowest BCUT2D eigenvalue weighted by atomic mass is 10.2. The van der Waals surface area contributed by atoms with Gasteiger partial charge >= 0.3 is 0 Å². The van der Waals surface area contributed by atoms with Gasteiger partial charge in [0.1, 0.15) is 5.82 Å². The molecule has 5 nitrogen and oxygen atoms in total. The normalized spacial score (nSPS) is 13.7. The predicted molar refractivity (Wildman–Crippen MR) is 114 cm³/mol. The standard InChI is InChI=1S/C22H19ClN4OS/c23-18-8-4-7-17(11-18)19-12-24-20(28-19)14-29-22-26-25-21(16-9-10-16)27(22)13-15-5-2-1-3-6-15/h1-8,11-12,16H,9-10,13-14H2. The predicted octanol–water partition coefficient (Wildman–Crippen LogP) is 5.80. The molecule has 1 saturated carbocycles. The second-order valence-corrected chi connectivity index (χ2v) is 8.48. The highest BCUT2D eigenvalue weighted by atomic mass is 35.5. The summed E-state index contributed by atoms with van der Waals surface area (Å²) in [5.74, 6) is 3.60. The van der Waals surface area contributed by atoms with Crippen molar-refractivity contribution < 1.29 is 4.42 Å². The zero-order valence-electron chi connectivity index (χ0n) is 15.7. The van der Waals surface area contributed by atoms with Gasteiger partial charge in [0, 0.05) is 16.5 Å². The number of benzene rings is 2. The molecular weight excluding hydrogens is 404 g/mol. The highest BCUT2D eigenvalue weighted by Crippen LogP contribution is 2.40. The van der Waals surface area contributed by atoms with E-state index in [1.54, 1.807) is 18.0 Å². The van der Waals surface area contributed by atoms with Crippen molar-refractivity contribution in [3.05, 3.63) is 83.1 Å². The average Bonchev–Trinajstić information content (AvgIpc) is 3.34. The van der Waals surface area contributed by atoms with Crippen molar-refractivity contribution in [3.63, 3.8) is 0 Å². The topological polar surface area (TPSA) is 56.7 Å². The molecule has 0 unspecified atom stereocenters.